The van der Waals surface area contributed by atoms with Gasteiger partial charge in [-0.2, -0.15) is 0 Å². The lowest BCUT2D eigenvalue weighted by Crippen LogP contribution is -2.31. The Labute approximate surface area is 115 Å². The molecule has 0 radical (unpaired) electrons. The monoisotopic (exact) mass is 261 g/mol. The molecule has 0 spiro atoms. The third-order valence-corrected chi connectivity index (χ3v) is 4.24. The summed E-state index contributed by atoms with van der Waals surface area (Å²) in [5, 5.41) is 12.6. The summed E-state index contributed by atoms with van der Waals surface area (Å²) in [6, 6.07) is 5.07. The number of amides is 1. The second-order valence-corrected chi connectivity index (χ2v) is 5.79. The molecule has 0 aliphatic heterocycles. The predicted molar refractivity (Wildman–Crippen MR) is 76.3 cm³/mol. The first kappa shape index (κ1) is 13.9. The van der Waals surface area contributed by atoms with E-state index in [1.807, 2.05) is 0 Å². The van der Waals surface area contributed by atoms with Gasteiger partial charge in [-0.15, -0.1) is 0 Å². The standard InChI is InChI=1S/C16H23NO2/c1-11-6-8-13(9-7-11)10-17-16(19)14-4-3-5-15(18)12(14)2/h3-5,11,13,18H,6-10H2,1-2H3,(H,17,19). The maximum atomic E-state index is 12.1. The van der Waals surface area contributed by atoms with Crippen LogP contribution >= 0.6 is 0 Å². The number of carbonyl (C=O) groups excluding carboxylic acids is 1. The van der Waals surface area contributed by atoms with Crippen molar-refractivity contribution < 1.29 is 9.90 Å². The fourth-order valence-electron chi connectivity index (χ4n) is 2.73. The maximum absolute atomic E-state index is 12.1. The summed E-state index contributed by atoms with van der Waals surface area (Å²) in [4.78, 5) is 12.1. The number of benzene rings is 1. The summed E-state index contributed by atoms with van der Waals surface area (Å²) in [7, 11) is 0. The van der Waals surface area contributed by atoms with Gasteiger partial charge in [-0.3, -0.25) is 4.79 Å². The van der Waals surface area contributed by atoms with Crippen molar-refractivity contribution in [2.24, 2.45) is 11.8 Å². The van der Waals surface area contributed by atoms with Crippen LogP contribution in [0.2, 0.25) is 0 Å². The number of hydrogen-bond donors (Lipinski definition) is 2. The molecule has 1 aromatic rings. The highest BCUT2D eigenvalue weighted by molar-refractivity contribution is 5.96. The first-order chi connectivity index (χ1) is 9.08. The van der Waals surface area contributed by atoms with E-state index in [4.69, 9.17) is 0 Å². The Bertz CT molecular complexity index is 448. The SMILES string of the molecule is Cc1c(O)cccc1C(=O)NCC1CCC(C)CC1. The molecule has 19 heavy (non-hydrogen) atoms. The van der Waals surface area contributed by atoms with Crippen molar-refractivity contribution in [3.63, 3.8) is 0 Å². The molecule has 1 saturated carbocycles. The molecule has 3 heteroatoms. The van der Waals surface area contributed by atoms with Gasteiger partial charge >= 0.3 is 0 Å². The van der Waals surface area contributed by atoms with E-state index in [1.165, 1.54) is 25.7 Å². The van der Waals surface area contributed by atoms with Crippen molar-refractivity contribution in [3.8, 4) is 5.75 Å². The smallest absolute Gasteiger partial charge is 0.251 e. The van der Waals surface area contributed by atoms with Crippen LogP contribution in [0.1, 0.15) is 48.5 Å². The number of phenols is 1. The Morgan fingerprint density at radius 2 is 2.00 bits per heavy atom. The van der Waals surface area contributed by atoms with E-state index in [1.54, 1.807) is 25.1 Å². The molecule has 2 rings (SSSR count). The minimum atomic E-state index is -0.0768. The average Bonchev–Trinajstić information content (AvgIpc) is 2.41. The molecule has 2 N–H and O–H groups in total. The van der Waals surface area contributed by atoms with E-state index < -0.39 is 0 Å². The topological polar surface area (TPSA) is 49.3 Å². The first-order valence-electron chi connectivity index (χ1n) is 7.14. The molecule has 3 nitrogen and oxygen atoms in total. The van der Waals surface area contributed by atoms with Gasteiger partial charge in [-0.25, -0.2) is 0 Å². The quantitative estimate of drug-likeness (QED) is 0.877. The van der Waals surface area contributed by atoms with Crippen molar-refractivity contribution in [3.05, 3.63) is 29.3 Å². The molecule has 0 atom stereocenters. The van der Waals surface area contributed by atoms with Gasteiger partial charge in [0.15, 0.2) is 0 Å². The zero-order valence-electron chi connectivity index (χ0n) is 11.8. The second kappa shape index (κ2) is 6.09. The van der Waals surface area contributed by atoms with Crippen LogP contribution in [-0.2, 0) is 0 Å². The van der Waals surface area contributed by atoms with Crippen LogP contribution in [0.5, 0.6) is 5.75 Å². The first-order valence-corrected chi connectivity index (χ1v) is 7.14. The normalized spacial score (nSPS) is 23.1. The van der Waals surface area contributed by atoms with Crippen LogP contribution < -0.4 is 5.32 Å². The van der Waals surface area contributed by atoms with Gasteiger partial charge in [0, 0.05) is 17.7 Å². The van der Waals surface area contributed by atoms with Gasteiger partial charge < -0.3 is 10.4 Å². The van der Waals surface area contributed by atoms with Crippen molar-refractivity contribution >= 4 is 5.91 Å². The Balaban J connectivity index is 1.89. The zero-order valence-corrected chi connectivity index (χ0v) is 11.8. The van der Waals surface area contributed by atoms with Crippen LogP contribution in [0.15, 0.2) is 18.2 Å². The van der Waals surface area contributed by atoms with E-state index >= 15 is 0 Å². The van der Waals surface area contributed by atoms with Crippen LogP contribution in [-0.4, -0.2) is 17.6 Å². The third kappa shape index (κ3) is 3.49. The van der Waals surface area contributed by atoms with Crippen LogP contribution in [0.4, 0.5) is 0 Å². The summed E-state index contributed by atoms with van der Waals surface area (Å²) in [5.41, 5.74) is 1.22. The molecule has 1 aliphatic carbocycles. The van der Waals surface area contributed by atoms with Gasteiger partial charge in [0.25, 0.3) is 5.91 Å². The van der Waals surface area contributed by atoms with Crippen molar-refractivity contribution in [2.75, 3.05) is 6.54 Å². The van der Waals surface area contributed by atoms with E-state index in [0.717, 1.165) is 12.5 Å². The fraction of sp³-hybridized carbons (Fsp3) is 0.562. The molecular formula is C16H23NO2. The number of phenolic OH excluding ortho intramolecular Hbond substituents is 1. The van der Waals surface area contributed by atoms with Gasteiger partial charge in [-0.1, -0.05) is 25.8 Å². The van der Waals surface area contributed by atoms with E-state index in [9.17, 15) is 9.90 Å². The summed E-state index contributed by atoms with van der Waals surface area (Å²) in [6.45, 7) is 4.82. The summed E-state index contributed by atoms with van der Waals surface area (Å²) in [5.74, 6) is 1.55. The lowest BCUT2D eigenvalue weighted by atomic mass is 9.83. The molecule has 0 bridgehead atoms. The summed E-state index contributed by atoms with van der Waals surface area (Å²) < 4.78 is 0. The molecule has 1 aliphatic rings. The Hall–Kier alpha value is -1.51. The average molecular weight is 261 g/mol. The number of rotatable bonds is 3. The molecule has 1 amide bonds. The molecule has 104 valence electrons. The van der Waals surface area contributed by atoms with E-state index in [2.05, 4.69) is 12.2 Å². The Morgan fingerprint density at radius 3 is 2.68 bits per heavy atom. The van der Waals surface area contributed by atoms with Crippen molar-refractivity contribution in [1.82, 2.24) is 5.32 Å². The summed E-state index contributed by atoms with van der Waals surface area (Å²) >= 11 is 0. The molecule has 0 unspecified atom stereocenters. The van der Waals surface area contributed by atoms with E-state index in [-0.39, 0.29) is 11.7 Å². The zero-order chi connectivity index (χ0) is 13.8. The number of nitrogens with one attached hydrogen (secondary N) is 1. The molecule has 0 heterocycles. The summed E-state index contributed by atoms with van der Waals surface area (Å²) in [6.07, 6.45) is 4.96. The van der Waals surface area contributed by atoms with Crippen molar-refractivity contribution in [1.29, 1.82) is 0 Å². The van der Waals surface area contributed by atoms with E-state index in [0.29, 0.717) is 17.0 Å². The van der Waals surface area contributed by atoms with Gasteiger partial charge in [0.2, 0.25) is 0 Å². The lowest BCUT2D eigenvalue weighted by Gasteiger charge is -2.26. The molecule has 1 fully saturated rings. The highest BCUT2D eigenvalue weighted by Gasteiger charge is 2.19. The van der Waals surface area contributed by atoms with Crippen molar-refractivity contribution in [2.45, 2.75) is 39.5 Å². The molecule has 0 aromatic heterocycles. The Morgan fingerprint density at radius 1 is 1.32 bits per heavy atom. The van der Waals surface area contributed by atoms with Crippen LogP contribution in [0, 0.1) is 18.8 Å². The Kier molecular flexibility index (Phi) is 4.46. The largest absolute Gasteiger partial charge is 0.508 e. The highest BCUT2D eigenvalue weighted by atomic mass is 16.3. The second-order valence-electron chi connectivity index (χ2n) is 5.79. The number of carbonyl (C=O) groups is 1. The molecule has 1 aromatic carbocycles. The fourth-order valence-corrected chi connectivity index (χ4v) is 2.73. The number of aromatic hydroxyl groups is 1. The van der Waals surface area contributed by atoms with Crippen LogP contribution in [0.3, 0.4) is 0 Å². The maximum Gasteiger partial charge on any atom is 0.251 e. The highest BCUT2D eigenvalue weighted by Crippen LogP contribution is 2.27. The molecule has 0 saturated heterocycles. The van der Waals surface area contributed by atoms with Gasteiger partial charge in [0.05, 0.1) is 0 Å². The predicted octanol–water partition coefficient (Wildman–Crippen LogP) is 3.26. The minimum Gasteiger partial charge on any atom is -0.508 e. The van der Waals surface area contributed by atoms with Crippen LogP contribution in [0.25, 0.3) is 0 Å². The third-order valence-electron chi connectivity index (χ3n) is 4.24. The van der Waals surface area contributed by atoms with Gasteiger partial charge in [-0.05, 0) is 43.7 Å². The lowest BCUT2D eigenvalue weighted by molar-refractivity contribution is 0.0941. The number of hydrogen-bond acceptors (Lipinski definition) is 2. The molecular weight excluding hydrogens is 238 g/mol. The minimum absolute atomic E-state index is 0.0768. The van der Waals surface area contributed by atoms with Gasteiger partial charge in [0.1, 0.15) is 5.75 Å².